The highest BCUT2D eigenvalue weighted by Gasteiger charge is 1.92. The second-order valence-electron chi connectivity index (χ2n) is 2.73. The highest BCUT2D eigenvalue weighted by Crippen LogP contribution is 1.96. The molecule has 0 bridgehead atoms. The Morgan fingerprint density at radius 3 is 3.15 bits per heavy atom. The Labute approximate surface area is 83.9 Å². The zero-order valence-electron chi connectivity index (χ0n) is 7.76. The van der Waals surface area contributed by atoms with E-state index in [2.05, 4.69) is 23.9 Å². The monoisotopic (exact) mass is 196 g/mol. The molecule has 0 atom stereocenters. The smallest absolute Gasteiger partial charge is 0.0646 e. The van der Waals surface area contributed by atoms with Crippen LogP contribution in [0.4, 0.5) is 0 Å². The van der Waals surface area contributed by atoms with E-state index >= 15 is 0 Å². The zero-order chi connectivity index (χ0) is 9.52. The van der Waals surface area contributed by atoms with Crippen molar-refractivity contribution in [2.75, 3.05) is 5.88 Å². The molecule has 70 valence electrons. The second kappa shape index (κ2) is 5.66. The molecule has 0 aromatic carbocycles. The van der Waals surface area contributed by atoms with Crippen LogP contribution in [-0.4, -0.2) is 15.7 Å². The fraction of sp³-hybridized carbons (Fsp3) is 0.500. The number of aromatic nitrogens is 2. The molecule has 0 saturated heterocycles. The second-order valence-corrected chi connectivity index (χ2v) is 3.11. The van der Waals surface area contributed by atoms with Gasteiger partial charge in [0.15, 0.2) is 0 Å². The summed E-state index contributed by atoms with van der Waals surface area (Å²) >= 11 is 5.50. The van der Waals surface area contributed by atoms with E-state index in [0.29, 0.717) is 5.88 Å². The maximum Gasteiger partial charge on any atom is 0.0646 e. The Bertz CT molecular complexity index is 306. The van der Waals surface area contributed by atoms with Gasteiger partial charge in [0.2, 0.25) is 0 Å². The van der Waals surface area contributed by atoms with Crippen molar-refractivity contribution in [2.24, 2.45) is 0 Å². The van der Waals surface area contributed by atoms with Crippen molar-refractivity contribution in [3.8, 4) is 11.8 Å². The average molecular weight is 197 g/mol. The van der Waals surface area contributed by atoms with Crippen LogP contribution in [0.3, 0.4) is 0 Å². The van der Waals surface area contributed by atoms with Crippen molar-refractivity contribution < 1.29 is 0 Å². The SMILES string of the molecule is CCCn1cc(C#CCCCl)cn1. The van der Waals surface area contributed by atoms with Gasteiger partial charge in [-0.3, -0.25) is 4.68 Å². The van der Waals surface area contributed by atoms with E-state index in [4.69, 9.17) is 11.6 Å². The van der Waals surface area contributed by atoms with E-state index < -0.39 is 0 Å². The lowest BCUT2D eigenvalue weighted by Gasteiger charge is -1.93. The Morgan fingerprint density at radius 1 is 1.62 bits per heavy atom. The van der Waals surface area contributed by atoms with Gasteiger partial charge < -0.3 is 0 Å². The lowest BCUT2D eigenvalue weighted by molar-refractivity contribution is 0.602. The lowest BCUT2D eigenvalue weighted by Crippen LogP contribution is -1.95. The molecular weight excluding hydrogens is 184 g/mol. The number of halogens is 1. The maximum absolute atomic E-state index is 5.50. The van der Waals surface area contributed by atoms with Gasteiger partial charge in [-0.25, -0.2) is 0 Å². The van der Waals surface area contributed by atoms with Crippen LogP contribution in [-0.2, 0) is 6.54 Å². The van der Waals surface area contributed by atoms with Gasteiger partial charge >= 0.3 is 0 Å². The number of nitrogens with zero attached hydrogens (tertiary/aromatic N) is 2. The molecule has 0 aliphatic rings. The molecule has 0 aliphatic carbocycles. The Balaban J connectivity index is 2.54. The number of hydrogen-bond acceptors (Lipinski definition) is 1. The van der Waals surface area contributed by atoms with E-state index in [0.717, 1.165) is 24.9 Å². The number of hydrogen-bond donors (Lipinski definition) is 0. The average Bonchev–Trinajstić information content (AvgIpc) is 2.54. The fourth-order valence-electron chi connectivity index (χ4n) is 0.991. The summed E-state index contributed by atoms with van der Waals surface area (Å²) in [6.07, 6.45) is 5.58. The number of rotatable bonds is 3. The zero-order valence-corrected chi connectivity index (χ0v) is 8.51. The lowest BCUT2D eigenvalue weighted by atomic mass is 10.3. The molecule has 3 heteroatoms. The molecule has 13 heavy (non-hydrogen) atoms. The van der Waals surface area contributed by atoms with Crippen molar-refractivity contribution in [1.82, 2.24) is 9.78 Å². The molecule has 0 aliphatic heterocycles. The minimum Gasteiger partial charge on any atom is -0.271 e. The molecule has 0 fully saturated rings. The van der Waals surface area contributed by atoms with E-state index in [1.54, 1.807) is 6.20 Å². The summed E-state index contributed by atoms with van der Waals surface area (Å²) in [4.78, 5) is 0. The summed E-state index contributed by atoms with van der Waals surface area (Å²) < 4.78 is 1.91. The van der Waals surface area contributed by atoms with Crippen LogP contribution < -0.4 is 0 Å². The minimum absolute atomic E-state index is 0.593. The summed E-state index contributed by atoms with van der Waals surface area (Å²) in [6.45, 7) is 3.08. The van der Waals surface area contributed by atoms with E-state index in [1.807, 2.05) is 10.9 Å². The van der Waals surface area contributed by atoms with Crippen LogP contribution in [0, 0.1) is 11.8 Å². The highest BCUT2D eigenvalue weighted by atomic mass is 35.5. The maximum atomic E-state index is 5.50. The first-order valence-corrected chi connectivity index (χ1v) is 4.97. The Kier molecular flexibility index (Phi) is 4.42. The molecule has 1 rings (SSSR count). The summed E-state index contributed by atoms with van der Waals surface area (Å²) in [5.41, 5.74) is 0.971. The van der Waals surface area contributed by atoms with Gasteiger partial charge in [-0.15, -0.1) is 11.6 Å². The molecule has 0 spiro atoms. The third kappa shape index (κ3) is 3.52. The van der Waals surface area contributed by atoms with Gasteiger partial charge in [0.1, 0.15) is 0 Å². The van der Waals surface area contributed by atoms with Crippen molar-refractivity contribution in [1.29, 1.82) is 0 Å². The third-order valence-electron chi connectivity index (χ3n) is 1.54. The molecule has 1 heterocycles. The van der Waals surface area contributed by atoms with Gasteiger partial charge in [0.05, 0.1) is 11.8 Å². The Morgan fingerprint density at radius 2 is 2.46 bits per heavy atom. The van der Waals surface area contributed by atoms with Crippen molar-refractivity contribution in [2.45, 2.75) is 26.3 Å². The van der Waals surface area contributed by atoms with Gasteiger partial charge in [-0.2, -0.15) is 5.10 Å². The molecule has 0 unspecified atom stereocenters. The first-order chi connectivity index (χ1) is 6.36. The minimum atomic E-state index is 0.593. The molecular formula is C10H13ClN2. The van der Waals surface area contributed by atoms with Crippen molar-refractivity contribution in [3.05, 3.63) is 18.0 Å². The first kappa shape index (κ1) is 10.1. The molecule has 1 aromatic rings. The molecule has 2 nitrogen and oxygen atoms in total. The Hall–Kier alpha value is -0.940. The topological polar surface area (TPSA) is 17.8 Å². The summed E-state index contributed by atoms with van der Waals surface area (Å²) in [5, 5.41) is 4.17. The summed E-state index contributed by atoms with van der Waals surface area (Å²) in [7, 11) is 0. The van der Waals surface area contributed by atoms with Crippen LogP contribution >= 0.6 is 11.6 Å². The molecule has 0 radical (unpaired) electrons. The van der Waals surface area contributed by atoms with Gasteiger partial charge in [0, 0.05) is 25.0 Å². The predicted molar refractivity (Wildman–Crippen MR) is 54.7 cm³/mol. The quantitative estimate of drug-likeness (QED) is 0.536. The van der Waals surface area contributed by atoms with Crippen LogP contribution in [0.15, 0.2) is 12.4 Å². The van der Waals surface area contributed by atoms with Crippen molar-refractivity contribution in [3.63, 3.8) is 0 Å². The fourth-order valence-corrected chi connectivity index (χ4v) is 1.09. The standard InChI is InChI=1S/C10H13ClN2/c1-2-7-13-9-10(8-12-13)5-3-4-6-11/h8-9H,2,4,6-7H2,1H3. The molecule has 0 amide bonds. The first-order valence-electron chi connectivity index (χ1n) is 4.44. The van der Waals surface area contributed by atoms with Crippen LogP contribution in [0.1, 0.15) is 25.3 Å². The van der Waals surface area contributed by atoms with Crippen molar-refractivity contribution >= 4 is 11.6 Å². The highest BCUT2D eigenvalue weighted by molar-refractivity contribution is 6.18. The van der Waals surface area contributed by atoms with E-state index in [1.165, 1.54) is 0 Å². The number of aryl methyl sites for hydroxylation is 1. The number of alkyl halides is 1. The van der Waals surface area contributed by atoms with Gasteiger partial charge in [-0.1, -0.05) is 18.8 Å². The summed E-state index contributed by atoms with van der Waals surface area (Å²) in [6, 6.07) is 0. The van der Waals surface area contributed by atoms with Crippen LogP contribution in [0.2, 0.25) is 0 Å². The normalized spacial score (nSPS) is 9.38. The van der Waals surface area contributed by atoms with E-state index in [9.17, 15) is 0 Å². The van der Waals surface area contributed by atoms with Crippen LogP contribution in [0.25, 0.3) is 0 Å². The largest absolute Gasteiger partial charge is 0.271 e. The predicted octanol–water partition coefficient (Wildman–Crippen LogP) is 2.27. The van der Waals surface area contributed by atoms with Gasteiger partial charge in [0.25, 0.3) is 0 Å². The third-order valence-corrected chi connectivity index (χ3v) is 1.73. The summed E-state index contributed by atoms with van der Waals surface area (Å²) in [5.74, 6) is 6.57. The van der Waals surface area contributed by atoms with E-state index in [-0.39, 0.29) is 0 Å². The molecule has 1 aromatic heterocycles. The van der Waals surface area contributed by atoms with Gasteiger partial charge in [-0.05, 0) is 6.42 Å². The molecule has 0 N–H and O–H groups in total. The molecule has 0 saturated carbocycles. The van der Waals surface area contributed by atoms with Crippen LogP contribution in [0.5, 0.6) is 0 Å².